The number of hydrogen-bond donors (Lipinski definition) is 1. The van der Waals surface area contributed by atoms with Crippen molar-refractivity contribution < 1.29 is 14.5 Å². The molecule has 3 nitrogen and oxygen atoms in total. The van der Waals surface area contributed by atoms with Crippen molar-refractivity contribution in [2.24, 2.45) is 0 Å². The molecule has 1 aromatic carbocycles. The first-order chi connectivity index (χ1) is 11.5. The van der Waals surface area contributed by atoms with Crippen LogP contribution in [0, 0.1) is 0 Å². The van der Waals surface area contributed by atoms with Gasteiger partial charge >= 0.3 is 0 Å². The molecule has 2 atom stereocenters. The monoisotopic (exact) mass is 328 g/mol. The lowest BCUT2D eigenvalue weighted by Crippen LogP contribution is -2.88. The lowest BCUT2D eigenvalue weighted by Gasteiger charge is -2.46. The van der Waals surface area contributed by atoms with Gasteiger partial charge in [-0.3, -0.25) is 0 Å². The summed E-state index contributed by atoms with van der Waals surface area (Å²) >= 11 is 0. The van der Waals surface area contributed by atoms with E-state index in [0.29, 0.717) is 6.04 Å². The van der Waals surface area contributed by atoms with Crippen LogP contribution in [0.1, 0.15) is 51.4 Å². The van der Waals surface area contributed by atoms with Gasteiger partial charge in [-0.05, 0) is 51.3 Å². The Hall–Kier alpha value is -1.58. The van der Waals surface area contributed by atoms with Crippen molar-refractivity contribution in [2.75, 3.05) is 6.61 Å². The topological polar surface area (TPSA) is 39.0 Å². The molecule has 0 unspecified atom stereocenters. The second-order valence-electron chi connectivity index (χ2n) is 7.88. The molecular formula is C21H30NO2+. The SMILES string of the molecule is C[C@H](C[C@@]1(c2ccccc2)CCOC(C)(C)C1)[NH2+]Cc1ccco1. The van der Waals surface area contributed by atoms with Crippen molar-refractivity contribution in [2.45, 2.75) is 63.6 Å². The fourth-order valence-corrected chi connectivity index (χ4v) is 4.25. The lowest BCUT2D eigenvalue weighted by atomic mass is 9.66. The number of quaternary nitrogens is 1. The first-order valence-corrected chi connectivity index (χ1v) is 9.04. The van der Waals surface area contributed by atoms with Crippen LogP contribution in [0.25, 0.3) is 0 Å². The molecule has 0 spiro atoms. The van der Waals surface area contributed by atoms with Crippen LogP contribution in [0.5, 0.6) is 0 Å². The first-order valence-electron chi connectivity index (χ1n) is 9.04. The van der Waals surface area contributed by atoms with Gasteiger partial charge in [0, 0.05) is 18.4 Å². The highest BCUT2D eigenvalue weighted by molar-refractivity contribution is 5.27. The fraction of sp³-hybridized carbons (Fsp3) is 0.524. The molecule has 3 rings (SSSR count). The Balaban J connectivity index is 1.75. The summed E-state index contributed by atoms with van der Waals surface area (Å²) in [5, 5.41) is 2.39. The molecule has 0 saturated carbocycles. The largest absolute Gasteiger partial charge is 0.463 e. The van der Waals surface area contributed by atoms with Gasteiger partial charge in [0.05, 0.1) is 17.9 Å². The summed E-state index contributed by atoms with van der Waals surface area (Å²) in [5.74, 6) is 1.04. The van der Waals surface area contributed by atoms with E-state index in [1.165, 1.54) is 5.56 Å². The van der Waals surface area contributed by atoms with Gasteiger partial charge in [0.2, 0.25) is 0 Å². The van der Waals surface area contributed by atoms with Crippen LogP contribution in [0.3, 0.4) is 0 Å². The highest BCUT2D eigenvalue weighted by Crippen LogP contribution is 2.44. The molecule has 0 aliphatic carbocycles. The average Bonchev–Trinajstić information content (AvgIpc) is 3.06. The molecule has 1 aliphatic rings. The summed E-state index contributed by atoms with van der Waals surface area (Å²) in [6.07, 6.45) is 5.08. The summed E-state index contributed by atoms with van der Waals surface area (Å²) in [7, 11) is 0. The second-order valence-corrected chi connectivity index (χ2v) is 7.88. The Bertz CT molecular complexity index is 621. The van der Waals surface area contributed by atoms with Crippen LogP contribution in [0.2, 0.25) is 0 Å². The second kappa shape index (κ2) is 7.12. The minimum absolute atomic E-state index is 0.0607. The number of nitrogens with two attached hydrogens (primary N) is 1. The third-order valence-electron chi connectivity index (χ3n) is 5.24. The van der Waals surface area contributed by atoms with E-state index < -0.39 is 0 Å². The Morgan fingerprint density at radius 2 is 1.92 bits per heavy atom. The fourth-order valence-electron chi connectivity index (χ4n) is 4.25. The zero-order chi connectivity index (χ0) is 17.0. The van der Waals surface area contributed by atoms with Gasteiger partial charge < -0.3 is 14.5 Å². The van der Waals surface area contributed by atoms with E-state index in [2.05, 4.69) is 56.4 Å². The predicted molar refractivity (Wildman–Crippen MR) is 95.8 cm³/mol. The molecule has 2 N–H and O–H groups in total. The normalized spacial score (nSPS) is 24.6. The molecule has 130 valence electrons. The maximum Gasteiger partial charge on any atom is 0.157 e. The summed E-state index contributed by atoms with van der Waals surface area (Å²) in [6.45, 7) is 8.52. The Kier molecular flexibility index (Phi) is 5.12. The van der Waals surface area contributed by atoms with E-state index in [4.69, 9.17) is 9.15 Å². The maximum atomic E-state index is 6.02. The summed E-state index contributed by atoms with van der Waals surface area (Å²) in [6, 6.07) is 15.6. The molecule has 0 amide bonds. The van der Waals surface area contributed by atoms with E-state index in [1.54, 1.807) is 6.26 Å². The summed E-state index contributed by atoms with van der Waals surface area (Å²) < 4.78 is 11.5. The zero-order valence-electron chi connectivity index (χ0n) is 15.1. The summed E-state index contributed by atoms with van der Waals surface area (Å²) in [4.78, 5) is 0. The van der Waals surface area contributed by atoms with Crippen LogP contribution in [0.4, 0.5) is 0 Å². The number of furan rings is 1. The van der Waals surface area contributed by atoms with Crippen LogP contribution < -0.4 is 5.32 Å². The van der Waals surface area contributed by atoms with E-state index >= 15 is 0 Å². The highest BCUT2D eigenvalue weighted by atomic mass is 16.5. The Morgan fingerprint density at radius 1 is 1.12 bits per heavy atom. The van der Waals surface area contributed by atoms with Crippen molar-refractivity contribution in [3.63, 3.8) is 0 Å². The molecule has 0 bridgehead atoms. The molecule has 1 fully saturated rings. The number of hydrogen-bond acceptors (Lipinski definition) is 2. The van der Waals surface area contributed by atoms with Crippen LogP contribution in [-0.4, -0.2) is 18.2 Å². The van der Waals surface area contributed by atoms with Gasteiger partial charge in [0.25, 0.3) is 0 Å². The maximum absolute atomic E-state index is 6.02. The van der Waals surface area contributed by atoms with Crippen LogP contribution in [-0.2, 0) is 16.7 Å². The lowest BCUT2D eigenvalue weighted by molar-refractivity contribution is -0.704. The van der Waals surface area contributed by atoms with Gasteiger partial charge in [-0.25, -0.2) is 0 Å². The summed E-state index contributed by atoms with van der Waals surface area (Å²) in [5.41, 5.74) is 1.59. The van der Waals surface area contributed by atoms with Crippen LogP contribution >= 0.6 is 0 Å². The molecule has 1 aromatic heterocycles. The molecule has 3 heteroatoms. The van der Waals surface area contributed by atoms with Crippen molar-refractivity contribution in [1.29, 1.82) is 0 Å². The number of ether oxygens (including phenoxy) is 1. The number of benzene rings is 1. The number of rotatable bonds is 6. The van der Waals surface area contributed by atoms with Crippen molar-refractivity contribution in [3.8, 4) is 0 Å². The van der Waals surface area contributed by atoms with Crippen molar-refractivity contribution in [3.05, 3.63) is 60.1 Å². The van der Waals surface area contributed by atoms with Gasteiger partial charge in [-0.15, -0.1) is 0 Å². The van der Waals surface area contributed by atoms with Crippen molar-refractivity contribution >= 4 is 0 Å². The molecule has 2 heterocycles. The van der Waals surface area contributed by atoms with Gasteiger partial charge in [-0.2, -0.15) is 0 Å². The molecule has 24 heavy (non-hydrogen) atoms. The molecule has 1 saturated heterocycles. The van der Waals surface area contributed by atoms with E-state index in [1.807, 2.05) is 12.1 Å². The third-order valence-corrected chi connectivity index (χ3v) is 5.24. The van der Waals surface area contributed by atoms with Crippen molar-refractivity contribution in [1.82, 2.24) is 0 Å². The Labute approximate surface area is 145 Å². The minimum Gasteiger partial charge on any atom is -0.463 e. The molecule has 0 radical (unpaired) electrons. The molecular weight excluding hydrogens is 298 g/mol. The van der Waals surface area contributed by atoms with Gasteiger partial charge in [0.15, 0.2) is 5.76 Å². The predicted octanol–water partition coefficient (Wildman–Crippen LogP) is 3.65. The minimum atomic E-state index is -0.0607. The quantitative estimate of drug-likeness (QED) is 0.879. The zero-order valence-corrected chi connectivity index (χ0v) is 15.1. The molecule has 2 aromatic rings. The molecule has 1 aliphatic heterocycles. The first kappa shape index (κ1) is 17.2. The van der Waals surface area contributed by atoms with E-state index in [-0.39, 0.29) is 11.0 Å². The van der Waals surface area contributed by atoms with E-state index in [9.17, 15) is 0 Å². The highest BCUT2D eigenvalue weighted by Gasteiger charge is 2.43. The van der Waals surface area contributed by atoms with Gasteiger partial charge in [-0.1, -0.05) is 30.3 Å². The third kappa shape index (κ3) is 4.08. The van der Waals surface area contributed by atoms with Gasteiger partial charge in [0.1, 0.15) is 6.54 Å². The standard InChI is InChI=1S/C21H29NO2/c1-17(22-15-19-10-7-12-23-19)14-21(18-8-5-4-6-9-18)11-13-24-20(2,3)16-21/h4-10,12,17,22H,11,13-16H2,1-3H3/p+1/t17-,21+/m1/s1. The Morgan fingerprint density at radius 3 is 2.58 bits per heavy atom. The van der Waals surface area contributed by atoms with Crippen LogP contribution in [0.15, 0.2) is 53.1 Å². The van der Waals surface area contributed by atoms with E-state index in [0.717, 1.165) is 38.2 Å². The smallest absolute Gasteiger partial charge is 0.157 e. The average molecular weight is 328 g/mol.